The maximum atomic E-state index is 5.78. The fourth-order valence-corrected chi connectivity index (χ4v) is 5.95. The van der Waals surface area contributed by atoms with Crippen LogP contribution in [0.25, 0.3) is 22.8 Å². The van der Waals surface area contributed by atoms with Crippen LogP contribution in [0.3, 0.4) is 0 Å². The van der Waals surface area contributed by atoms with Gasteiger partial charge in [0.15, 0.2) is 11.6 Å². The van der Waals surface area contributed by atoms with E-state index >= 15 is 0 Å². The van der Waals surface area contributed by atoms with Crippen molar-refractivity contribution in [3.8, 4) is 58.1 Å². The topological polar surface area (TPSA) is 248 Å². The number of nitrogens with one attached hydrogen (secondary N) is 4. The van der Waals surface area contributed by atoms with Crippen molar-refractivity contribution in [2.24, 2.45) is 0 Å². The van der Waals surface area contributed by atoms with Crippen molar-refractivity contribution in [2.75, 3.05) is 35.3 Å². The molecule has 0 aliphatic carbocycles. The first-order valence-corrected chi connectivity index (χ1v) is 19.6. The number of nitrogens with two attached hydrogens (primary N) is 2. The zero-order valence-corrected chi connectivity index (χ0v) is 35.0. The van der Waals surface area contributed by atoms with Crippen LogP contribution in [0.4, 0.5) is 34.9 Å². The van der Waals surface area contributed by atoms with Gasteiger partial charge >= 0.3 is 12.0 Å². The lowest BCUT2D eigenvalue weighted by Gasteiger charge is -2.08. The number of aryl methyl sites for hydroxylation is 4. The van der Waals surface area contributed by atoms with Crippen LogP contribution in [0.1, 0.15) is 36.1 Å². The Morgan fingerprint density at radius 3 is 1.42 bits per heavy atom. The number of hydrogen-bond acceptors (Lipinski definition) is 16. The normalized spacial score (nSPS) is 10.7. The third-order valence-corrected chi connectivity index (χ3v) is 8.86. The Bertz CT molecular complexity index is 2740. The van der Waals surface area contributed by atoms with Gasteiger partial charge in [0, 0.05) is 34.6 Å². The number of ether oxygens (including phenoxy) is 4. The van der Waals surface area contributed by atoms with E-state index < -0.39 is 0 Å². The molecule has 4 heterocycles. The van der Waals surface area contributed by atoms with Crippen LogP contribution in [-0.4, -0.2) is 63.5 Å². The van der Waals surface area contributed by atoms with Gasteiger partial charge in [0.1, 0.15) is 23.1 Å². The molecule has 0 saturated carbocycles. The smallest absolute Gasteiger partial charge is 0.321 e. The lowest BCUT2D eigenvalue weighted by molar-refractivity contribution is 0.306. The Kier molecular flexibility index (Phi) is 13.0. The van der Waals surface area contributed by atoms with Crippen molar-refractivity contribution >= 4 is 34.9 Å². The molecular formula is C44H46N14O4. The number of aromatic nitrogens is 10. The SMILES string of the molecule is CCOc1nc(N)cc(Oc2ccc(-c3nc(Nc4cc(C)cc(C)c4)n[nH]3)cc2)n1.CCOc1nc(N)cc(Oc2ccc(-c3nc(Nc4ccc(C)c(C)c4)n[nH]3)cc2)n1. The summed E-state index contributed by atoms with van der Waals surface area (Å²) in [5.74, 6) is 4.64. The summed E-state index contributed by atoms with van der Waals surface area (Å²) in [6.07, 6.45) is 0. The minimum Gasteiger partial charge on any atom is -0.464 e. The van der Waals surface area contributed by atoms with Gasteiger partial charge in [-0.2, -0.15) is 29.9 Å². The van der Waals surface area contributed by atoms with Crippen molar-refractivity contribution < 1.29 is 18.9 Å². The largest absolute Gasteiger partial charge is 0.464 e. The maximum absolute atomic E-state index is 5.78. The highest BCUT2D eigenvalue weighted by Gasteiger charge is 2.12. The Balaban J connectivity index is 0.000000186. The summed E-state index contributed by atoms with van der Waals surface area (Å²) in [4.78, 5) is 25.4. The summed E-state index contributed by atoms with van der Waals surface area (Å²) in [5, 5.41) is 20.8. The fraction of sp³-hybridized carbons (Fsp3) is 0.182. The van der Waals surface area contributed by atoms with Gasteiger partial charge in [-0.05, 0) is 137 Å². The molecule has 0 unspecified atom stereocenters. The van der Waals surface area contributed by atoms with E-state index in [-0.39, 0.29) is 23.7 Å². The maximum Gasteiger partial charge on any atom is 0.321 e. The molecule has 0 atom stereocenters. The molecule has 62 heavy (non-hydrogen) atoms. The first-order chi connectivity index (χ1) is 30.0. The van der Waals surface area contributed by atoms with Crippen LogP contribution in [0, 0.1) is 27.7 Å². The minimum atomic E-state index is 0.180. The molecule has 8 aromatic rings. The van der Waals surface area contributed by atoms with E-state index in [1.807, 2.05) is 80.6 Å². The number of benzene rings is 4. The Labute approximate surface area is 357 Å². The van der Waals surface area contributed by atoms with Gasteiger partial charge < -0.3 is 41.0 Å². The second kappa shape index (κ2) is 19.2. The molecule has 8 N–H and O–H groups in total. The van der Waals surface area contributed by atoms with Gasteiger partial charge in [-0.3, -0.25) is 10.2 Å². The molecule has 0 fully saturated rings. The summed E-state index contributed by atoms with van der Waals surface area (Å²) in [5.41, 5.74) is 20.0. The van der Waals surface area contributed by atoms with Gasteiger partial charge in [0.25, 0.3) is 0 Å². The Morgan fingerprint density at radius 2 is 0.968 bits per heavy atom. The zero-order chi connectivity index (χ0) is 43.6. The number of nitrogens with zero attached hydrogens (tertiary/aromatic N) is 8. The predicted molar refractivity (Wildman–Crippen MR) is 237 cm³/mol. The second-order valence-corrected chi connectivity index (χ2v) is 13.9. The van der Waals surface area contributed by atoms with Gasteiger partial charge in [-0.25, -0.2) is 0 Å². The summed E-state index contributed by atoms with van der Waals surface area (Å²) < 4.78 is 22.1. The number of nitrogen functional groups attached to an aromatic ring is 2. The minimum absolute atomic E-state index is 0.180. The molecule has 0 radical (unpaired) electrons. The zero-order valence-electron chi connectivity index (χ0n) is 35.0. The van der Waals surface area contributed by atoms with Crippen LogP contribution < -0.4 is 41.0 Å². The highest BCUT2D eigenvalue weighted by molar-refractivity contribution is 5.62. The molecule has 316 valence electrons. The summed E-state index contributed by atoms with van der Waals surface area (Å²) in [6, 6.07) is 30.5. The van der Waals surface area contributed by atoms with E-state index in [1.54, 1.807) is 0 Å². The number of H-pyrrole nitrogens is 2. The van der Waals surface area contributed by atoms with Crippen molar-refractivity contribution in [1.29, 1.82) is 0 Å². The molecule has 4 aromatic carbocycles. The van der Waals surface area contributed by atoms with E-state index in [0.717, 1.165) is 22.5 Å². The third-order valence-electron chi connectivity index (χ3n) is 8.86. The lowest BCUT2D eigenvalue weighted by Crippen LogP contribution is -2.01. The molecule has 0 spiro atoms. The van der Waals surface area contributed by atoms with E-state index in [1.165, 1.54) is 34.4 Å². The Morgan fingerprint density at radius 1 is 0.500 bits per heavy atom. The number of aromatic amines is 2. The molecule has 0 saturated heterocycles. The molecule has 18 heteroatoms. The summed E-state index contributed by atoms with van der Waals surface area (Å²) >= 11 is 0. The van der Waals surface area contributed by atoms with Crippen molar-refractivity contribution in [1.82, 2.24) is 50.3 Å². The molecule has 0 aliphatic rings. The van der Waals surface area contributed by atoms with Crippen LogP contribution >= 0.6 is 0 Å². The molecular weight excluding hydrogens is 789 g/mol. The summed E-state index contributed by atoms with van der Waals surface area (Å²) in [6.45, 7) is 12.8. The third kappa shape index (κ3) is 11.3. The predicted octanol–water partition coefficient (Wildman–Crippen LogP) is 8.79. The molecule has 0 aliphatic heterocycles. The van der Waals surface area contributed by atoms with Crippen molar-refractivity contribution in [3.05, 3.63) is 119 Å². The number of anilines is 6. The summed E-state index contributed by atoms with van der Waals surface area (Å²) in [7, 11) is 0. The van der Waals surface area contributed by atoms with E-state index in [4.69, 9.17) is 30.4 Å². The van der Waals surface area contributed by atoms with Gasteiger partial charge in [0.2, 0.25) is 23.7 Å². The van der Waals surface area contributed by atoms with E-state index in [2.05, 4.69) is 107 Å². The van der Waals surface area contributed by atoms with E-state index in [9.17, 15) is 0 Å². The van der Waals surface area contributed by atoms with E-state index in [0.29, 0.717) is 60.0 Å². The fourth-order valence-electron chi connectivity index (χ4n) is 5.95. The van der Waals surface area contributed by atoms with Gasteiger partial charge in [-0.1, -0.05) is 12.1 Å². The van der Waals surface area contributed by atoms with Crippen LogP contribution in [-0.2, 0) is 0 Å². The van der Waals surface area contributed by atoms with Crippen molar-refractivity contribution in [3.63, 3.8) is 0 Å². The highest BCUT2D eigenvalue weighted by Crippen LogP contribution is 2.28. The van der Waals surface area contributed by atoms with Crippen LogP contribution in [0.5, 0.6) is 35.3 Å². The average Bonchev–Trinajstić information content (AvgIpc) is 3.90. The van der Waals surface area contributed by atoms with Gasteiger partial charge in [-0.15, -0.1) is 10.2 Å². The molecule has 0 bridgehead atoms. The standard InChI is InChI=1S/2C22H23N7O2/c1-4-30-22-25-18(23)12-19(26-22)31-17-9-6-15(7-10-17)20-27-21(29-28-20)24-16-8-5-13(2)14(3)11-16;1-4-30-22-25-18(23)12-19(26-22)31-17-7-5-15(6-8-17)20-27-21(29-28-20)24-16-10-13(2)9-14(3)11-16/h2*5-12H,4H2,1-3H3,(H2,23,25,26)(H2,24,27,28,29). The molecule has 8 rings (SSSR count). The monoisotopic (exact) mass is 834 g/mol. The lowest BCUT2D eigenvalue weighted by atomic mass is 10.1. The second-order valence-electron chi connectivity index (χ2n) is 13.9. The van der Waals surface area contributed by atoms with Crippen LogP contribution in [0.15, 0.2) is 97.1 Å². The molecule has 4 aromatic heterocycles. The van der Waals surface area contributed by atoms with Crippen molar-refractivity contribution in [2.45, 2.75) is 41.5 Å². The quantitative estimate of drug-likeness (QED) is 0.0599. The first kappa shape index (κ1) is 41.9. The average molecular weight is 835 g/mol. The Hall–Kier alpha value is -8.28. The molecule has 18 nitrogen and oxygen atoms in total. The number of rotatable bonds is 14. The van der Waals surface area contributed by atoms with Gasteiger partial charge in [0.05, 0.1) is 13.2 Å². The van der Waals surface area contributed by atoms with Crippen LogP contribution in [0.2, 0.25) is 0 Å². The molecule has 0 amide bonds. The highest BCUT2D eigenvalue weighted by atomic mass is 16.5. The first-order valence-electron chi connectivity index (χ1n) is 19.6. The number of hydrogen-bond donors (Lipinski definition) is 6.